The molecule has 0 aromatic carbocycles. The van der Waals surface area contributed by atoms with Gasteiger partial charge in [-0.3, -0.25) is 0 Å². The summed E-state index contributed by atoms with van der Waals surface area (Å²) in [6.45, 7) is 0.587. The maximum absolute atomic E-state index is 5.02. The molecular formula is C12H14N4O2. The van der Waals surface area contributed by atoms with Crippen molar-refractivity contribution >= 4 is 5.95 Å². The van der Waals surface area contributed by atoms with Crippen LogP contribution in [0.1, 0.15) is 5.56 Å². The van der Waals surface area contributed by atoms with Crippen molar-refractivity contribution in [3.05, 3.63) is 36.2 Å². The molecule has 2 aromatic heterocycles. The summed E-state index contributed by atoms with van der Waals surface area (Å²) in [7, 11) is 3.16. The van der Waals surface area contributed by atoms with Gasteiger partial charge in [0.2, 0.25) is 17.7 Å². The molecule has 1 N–H and O–H groups in total. The fourth-order valence-corrected chi connectivity index (χ4v) is 1.36. The second kappa shape index (κ2) is 5.81. The number of methoxy groups -OCH3 is 2. The molecule has 0 fully saturated rings. The van der Waals surface area contributed by atoms with E-state index in [1.54, 1.807) is 32.7 Å². The molecule has 0 spiro atoms. The zero-order valence-corrected chi connectivity index (χ0v) is 10.3. The van der Waals surface area contributed by atoms with E-state index in [9.17, 15) is 0 Å². The lowest BCUT2D eigenvalue weighted by atomic mass is 10.3. The van der Waals surface area contributed by atoms with Gasteiger partial charge in [-0.25, -0.2) is 9.97 Å². The van der Waals surface area contributed by atoms with Crippen LogP contribution in [0.4, 0.5) is 5.95 Å². The van der Waals surface area contributed by atoms with E-state index in [1.165, 1.54) is 0 Å². The van der Waals surface area contributed by atoms with Crippen molar-refractivity contribution in [1.82, 2.24) is 15.0 Å². The Balaban J connectivity index is 1.97. The number of pyridine rings is 1. The van der Waals surface area contributed by atoms with Gasteiger partial charge in [0.15, 0.2) is 0 Å². The van der Waals surface area contributed by atoms with Crippen LogP contribution in [0, 0.1) is 0 Å². The Kier molecular flexibility index (Phi) is 3.90. The predicted molar refractivity (Wildman–Crippen MR) is 66.7 cm³/mol. The van der Waals surface area contributed by atoms with Gasteiger partial charge < -0.3 is 14.8 Å². The number of anilines is 1. The lowest BCUT2D eigenvalue weighted by Gasteiger charge is -2.06. The topological polar surface area (TPSA) is 69.2 Å². The van der Waals surface area contributed by atoms with Gasteiger partial charge in [-0.2, -0.15) is 4.98 Å². The van der Waals surface area contributed by atoms with E-state index in [2.05, 4.69) is 20.3 Å². The lowest BCUT2D eigenvalue weighted by Crippen LogP contribution is -2.04. The number of hydrogen-bond donors (Lipinski definition) is 1. The number of nitrogens with one attached hydrogen (secondary N) is 1. The number of hydrogen-bond acceptors (Lipinski definition) is 6. The molecule has 0 aliphatic rings. The second-order valence-corrected chi connectivity index (χ2v) is 3.48. The van der Waals surface area contributed by atoms with Gasteiger partial charge in [-0.15, -0.1) is 0 Å². The van der Waals surface area contributed by atoms with Gasteiger partial charge in [-0.05, 0) is 5.56 Å². The van der Waals surface area contributed by atoms with Gasteiger partial charge in [-0.1, -0.05) is 6.07 Å². The molecule has 0 aliphatic carbocycles. The van der Waals surface area contributed by atoms with Crippen LogP contribution in [0.5, 0.6) is 11.8 Å². The van der Waals surface area contributed by atoms with E-state index in [4.69, 9.17) is 9.47 Å². The van der Waals surface area contributed by atoms with Crippen LogP contribution < -0.4 is 14.8 Å². The van der Waals surface area contributed by atoms with E-state index in [0.717, 1.165) is 5.56 Å². The van der Waals surface area contributed by atoms with Crippen LogP contribution in [0.25, 0.3) is 0 Å². The third-order valence-corrected chi connectivity index (χ3v) is 2.30. The van der Waals surface area contributed by atoms with Gasteiger partial charge >= 0.3 is 0 Å². The van der Waals surface area contributed by atoms with Gasteiger partial charge in [0.1, 0.15) is 0 Å². The largest absolute Gasteiger partial charge is 0.481 e. The number of rotatable bonds is 5. The van der Waals surface area contributed by atoms with Crippen LogP contribution in [0.15, 0.2) is 30.6 Å². The maximum Gasteiger partial charge on any atom is 0.226 e. The van der Waals surface area contributed by atoms with Crippen LogP contribution in [-0.2, 0) is 6.54 Å². The second-order valence-electron chi connectivity index (χ2n) is 3.48. The minimum Gasteiger partial charge on any atom is -0.481 e. The fraction of sp³-hybridized carbons (Fsp3) is 0.250. The first-order valence-electron chi connectivity index (χ1n) is 5.41. The minimum absolute atomic E-state index is 0.519. The lowest BCUT2D eigenvalue weighted by molar-refractivity contribution is 0.397. The van der Waals surface area contributed by atoms with E-state index < -0.39 is 0 Å². The Morgan fingerprint density at radius 2 is 1.89 bits per heavy atom. The maximum atomic E-state index is 5.02. The van der Waals surface area contributed by atoms with E-state index in [1.807, 2.05) is 12.1 Å². The summed E-state index contributed by atoms with van der Waals surface area (Å²) in [6, 6.07) is 5.43. The Hall–Kier alpha value is -2.37. The van der Waals surface area contributed by atoms with Crippen molar-refractivity contribution in [3.63, 3.8) is 0 Å². The normalized spacial score (nSPS) is 9.89. The summed E-state index contributed by atoms with van der Waals surface area (Å²) >= 11 is 0. The Morgan fingerprint density at radius 1 is 1.06 bits per heavy atom. The molecule has 0 saturated heterocycles. The third kappa shape index (κ3) is 3.07. The van der Waals surface area contributed by atoms with Crippen molar-refractivity contribution in [2.75, 3.05) is 19.5 Å². The molecule has 6 heteroatoms. The SMILES string of the molecule is COc1ccc(CNc2nccc(OC)n2)cn1. The highest BCUT2D eigenvalue weighted by molar-refractivity contribution is 5.29. The third-order valence-electron chi connectivity index (χ3n) is 2.30. The fourth-order valence-electron chi connectivity index (χ4n) is 1.36. The molecular weight excluding hydrogens is 232 g/mol. The first-order chi connectivity index (χ1) is 8.81. The molecule has 6 nitrogen and oxygen atoms in total. The van der Waals surface area contributed by atoms with Gasteiger partial charge in [0.05, 0.1) is 14.2 Å². The smallest absolute Gasteiger partial charge is 0.226 e. The first kappa shape index (κ1) is 12.1. The van der Waals surface area contributed by atoms with Crippen molar-refractivity contribution in [2.24, 2.45) is 0 Å². The summed E-state index contributed by atoms with van der Waals surface area (Å²) in [5, 5.41) is 3.09. The molecule has 0 aliphatic heterocycles. The summed E-state index contributed by atoms with van der Waals surface area (Å²) < 4.78 is 10.0. The van der Waals surface area contributed by atoms with Crippen molar-refractivity contribution < 1.29 is 9.47 Å². The molecule has 94 valence electrons. The van der Waals surface area contributed by atoms with Crippen LogP contribution in [-0.4, -0.2) is 29.2 Å². The molecule has 0 unspecified atom stereocenters. The number of ether oxygens (including phenoxy) is 2. The highest BCUT2D eigenvalue weighted by Crippen LogP contribution is 2.10. The summed E-state index contributed by atoms with van der Waals surface area (Å²) in [4.78, 5) is 12.4. The van der Waals surface area contributed by atoms with Crippen molar-refractivity contribution in [3.8, 4) is 11.8 Å². The van der Waals surface area contributed by atoms with Gasteiger partial charge in [0, 0.05) is 31.1 Å². The first-order valence-corrected chi connectivity index (χ1v) is 5.41. The van der Waals surface area contributed by atoms with E-state index in [0.29, 0.717) is 24.3 Å². The Bertz CT molecular complexity index is 502. The standard InChI is InChI=1S/C12H14N4O2/c1-17-10-4-3-9(7-14-10)8-15-12-13-6-5-11(16-12)18-2/h3-7H,8H2,1-2H3,(H,13,15,16). The minimum atomic E-state index is 0.519. The zero-order chi connectivity index (χ0) is 12.8. The summed E-state index contributed by atoms with van der Waals surface area (Å²) in [6.07, 6.45) is 3.38. The average molecular weight is 246 g/mol. The molecule has 0 amide bonds. The molecule has 18 heavy (non-hydrogen) atoms. The summed E-state index contributed by atoms with van der Waals surface area (Å²) in [5.41, 5.74) is 1.02. The van der Waals surface area contributed by atoms with Crippen LogP contribution in [0.3, 0.4) is 0 Å². The zero-order valence-electron chi connectivity index (χ0n) is 10.3. The summed E-state index contributed by atoms with van der Waals surface area (Å²) in [5.74, 6) is 1.64. The molecule has 2 rings (SSSR count). The molecule has 0 atom stereocenters. The number of aromatic nitrogens is 3. The van der Waals surface area contributed by atoms with Crippen molar-refractivity contribution in [2.45, 2.75) is 6.54 Å². The van der Waals surface area contributed by atoms with E-state index in [-0.39, 0.29) is 0 Å². The predicted octanol–water partition coefficient (Wildman–Crippen LogP) is 1.50. The highest BCUT2D eigenvalue weighted by Gasteiger charge is 2.00. The molecule has 2 heterocycles. The molecule has 0 saturated carbocycles. The Morgan fingerprint density at radius 3 is 2.56 bits per heavy atom. The highest BCUT2D eigenvalue weighted by atomic mass is 16.5. The monoisotopic (exact) mass is 246 g/mol. The average Bonchev–Trinajstić information content (AvgIpc) is 2.46. The van der Waals surface area contributed by atoms with Crippen LogP contribution in [0.2, 0.25) is 0 Å². The molecule has 2 aromatic rings. The number of nitrogens with zero attached hydrogens (tertiary/aromatic N) is 3. The quantitative estimate of drug-likeness (QED) is 0.862. The van der Waals surface area contributed by atoms with Crippen molar-refractivity contribution in [1.29, 1.82) is 0 Å². The van der Waals surface area contributed by atoms with E-state index >= 15 is 0 Å². The molecule has 0 bridgehead atoms. The van der Waals surface area contributed by atoms with Gasteiger partial charge in [0.25, 0.3) is 0 Å². The van der Waals surface area contributed by atoms with Crippen LogP contribution >= 0.6 is 0 Å². The Labute approximate surface area is 105 Å². The molecule has 0 radical (unpaired) electrons.